The quantitative estimate of drug-likeness (QED) is 0.807. The minimum Gasteiger partial charge on any atom is -0.468 e. The van der Waals surface area contributed by atoms with Gasteiger partial charge in [-0.25, -0.2) is 0 Å². The monoisotopic (exact) mass is 333 g/mol. The SMILES string of the molecule is COC(=O)C1(c2ccccc2)C2=C1N(Cc1ccccc1)C(=O)CC2. The first-order valence-corrected chi connectivity index (χ1v) is 8.42. The van der Waals surface area contributed by atoms with Gasteiger partial charge >= 0.3 is 5.97 Å². The molecule has 0 aromatic heterocycles. The molecule has 4 rings (SSSR count). The zero-order valence-electron chi connectivity index (χ0n) is 14.1. The summed E-state index contributed by atoms with van der Waals surface area (Å²) < 4.78 is 5.14. The van der Waals surface area contributed by atoms with Gasteiger partial charge in [0.25, 0.3) is 0 Å². The molecule has 4 nitrogen and oxygen atoms in total. The summed E-state index contributed by atoms with van der Waals surface area (Å²) in [5.41, 5.74) is 2.85. The Morgan fingerprint density at radius 3 is 2.32 bits per heavy atom. The number of benzene rings is 2. The highest BCUT2D eigenvalue weighted by molar-refractivity contribution is 6.02. The molecular formula is C21H19NO3. The molecule has 1 amide bonds. The van der Waals surface area contributed by atoms with E-state index in [-0.39, 0.29) is 11.9 Å². The number of carbonyl (C=O) groups is 2. The van der Waals surface area contributed by atoms with Gasteiger partial charge in [0.15, 0.2) is 5.41 Å². The molecule has 0 radical (unpaired) electrons. The van der Waals surface area contributed by atoms with Crippen molar-refractivity contribution in [3.63, 3.8) is 0 Å². The van der Waals surface area contributed by atoms with Crippen LogP contribution in [0.25, 0.3) is 0 Å². The van der Waals surface area contributed by atoms with E-state index in [1.54, 1.807) is 4.90 Å². The Bertz CT molecular complexity index is 857. The molecule has 126 valence electrons. The van der Waals surface area contributed by atoms with E-state index in [0.717, 1.165) is 22.4 Å². The fourth-order valence-electron chi connectivity index (χ4n) is 3.90. The van der Waals surface area contributed by atoms with Crippen molar-refractivity contribution in [3.05, 3.63) is 83.1 Å². The molecule has 0 bridgehead atoms. The molecule has 1 unspecified atom stereocenters. The number of amides is 1. The van der Waals surface area contributed by atoms with E-state index >= 15 is 0 Å². The molecule has 4 heteroatoms. The minimum atomic E-state index is -0.892. The van der Waals surface area contributed by atoms with Gasteiger partial charge in [0.05, 0.1) is 13.7 Å². The lowest BCUT2D eigenvalue weighted by Crippen LogP contribution is -2.34. The second kappa shape index (κ2) is 5.88. The van der Waals surface area contributed by atoms with Crippen molar-refractivity contribution in [2.75, 3.05) is 7.11 Å². The zero-order chi connectivity index (χ0) is 17.4. The summed E-state index contributed by atoms with van der Waals surface area (Å²) in [5, 5.41) is 0. The van der Waals surface area contributed by atoms with E-state index in [1.165, 1.54) is 7.11 Å². The van der Waals surface area contributed by atoms with Gasteiger partial charge in [-0.2, -0.15) is 0 Å². The smallest absolute Gasteiger partial charge is 0.326 e. The van der Waals surface area contributed by atoms with E-state index in [9.17, 15) is 9.59 Å². The highest BCUT2D eigenvalue weighted by Crippen LogP contribution is 2.60. The third-order valence-electron chi connectivity index (χ3n) is 5.07. The number of hydrogen-bond acceptors (Lipinski definition) is 3. The van der Waals surface area contributed by atoms with Gasteiger partial charge in [-0.3, -0.25) is 9.59 Å². The summed E-state index contributed by atoms with van der Waals surface area (Å²) in [4.78, 5) is 27.1. The Labute approximate surface area is 146 Å². The molecule has 0 saturated heterocycles. The molecule has 2 aliphatic rings. The first kappa shape index (κ1) is 15.6. The lowest BCUT2D eigenvalue weighted by Gasteiger charge is -2.25. The fraction of sp³-hybridized carbons (Fsp3) is 0.238. The second-order valence-corrected chi connectivity index (χ2v) is 6.40. The molecule has 0 spiro atoms. The number of ether oxygens (including phenoxy) is 1. The highest BCUT2D eigenvalue weighted by atomic mass is 16.5. The molecule has 1 atom stereocenters. The first-order valence-electron chi connectivity index (χ1n) is 8.42. The standard InChI is InChI=1S/C21H19NO3/c1-25-20(24)21(16-10-6-3-7-11-16)17-12-13-18(23)22(19(17)21)14-15-8-4-2-5-9-15/h2-11H,12-14H2,1H3. The molecule has 0 N–H and O–H groups in total. The van der Waals surface area contributed by atoms with Crippen molar-refractivity contribution in [1.29, 1.82) is 0 Å². The minimum absolute atomic E-state index is 0.0595. The van der Waals surface area contributed by atoms with Gasteiger partial charge < -0.3 is 9.64 Å². The Morgan fingerprint density at radius 1 is 1.04 bits per heavy atom. The Balaban J connectivity index is 1.75. The Hall–Kier alpha value is -2.88. The normalized spacial score (nSPS) is 21.8. The van der Waals surface area contributed by atoms with Crippen LogP contribution in [0.1, 0.15) is 24.0 Å². The van der Waals surface area contributed by atoms with Crippen LogP contribution in [0.3, 0.4) is 0 Å². The molecule has 1 aliphatic heterocycles. The third-order valence-corrected chi connectivity index (χ3v) is 5.07. The average Bonchev–Trinajstić information content (AvgIpc) is 3.35. The number of nitrogens with zero attached hydrogens (tertiary/aromatic N) is 1. The number of likely N-dealkylation sites (tertiary alicyclic amines) is 1. The van der Waals surface area contributed by atoms with Crippen molar-refractivity contribution in [2.45, 2.75) is 24.8 Å². The van der Waals surface area contributed by atoms with Crippen LogP contribution in [0.2, 0.25) is 0 Å². The maximum absolute atomic E-state index is 12.8. The highest BCUT2D eigenvalue weighted by Gasteiger charge is 2.65. The van der Waals surface area contributed by atoms with Crippen LogP contribution in [0.4, 0.5) is 0 Å². The largest absolute Gasteiger partial charge is 0.468 e. The van der Waals surface area contributed by atoms with E-state index in [2.05, 4.69) is 0 Å². The van der Waals surface area contributed by atoms with Gasteiger partial charge in [0.2, 0.25) is 5.91 Å². The van der Waals surface area contributed by atoms with Gasteiger partial charge in [-0.05, 0) is 23.1 Å². The van der Waals surface area contributed by atoms with Gasteiger partial charge in [-0.1, -0.05) is 60.7 Å². The van der Waals surface area contributed by atoms with Crippen LogP contribution in [0, 0.1) is 0 Å². The average molecular weight is 333 g/mol. The third kappa shape index (κ3) is 2.29. The van der Waals surface area contributed by atoms with Crippen LogP contribution < -0.4 is 0 Å². The van der Waals surface area contributed by atoms with E-state index in [4.69, 9.17) is 4.74 Å². The summed E-state index contributed by atoms with van der Waals surface area (Å²) in [7, 11) is 1.40. The van der Waals surface area contributed by atoms with Crippen molar-refractivity contribution >= 4 is 11.9 Å². The number of carbonyl (C=O) groups excluding carboxylic acids is 2. The second-order valence-electron chi connectivity index (χ2n) is 6.40. The molecule has 2 aromatic carbocycles. The van der Waals surface area contributed by atoms with E-state index in [0.29, 0.717) is 19.4 Å². The summed E-state index contributed by atoms with van der Waals surface area (Å²) in [6.07, 6.45) is 1.04. The predicted molar refractivity (Wildman–Crippen MR) is 93.4 cm³/mol. The fourth-order valence-corrected chi connectivity index (χ4v) is 3.90. The topological polar surface area (TPSA) is 46.6 Å². The molecule has 1 aliphatic carbocycles. The van der Waals surface area contributed by atoms with E-state index in [1.807, 2.05) is 60.7 Å². The number of esters is 1. The van der Waals surface area contributed by atoms with Crippen LogP contribution in [0.5, 0.6) is 0 Å². The van der Waals surface area contributed by atoms with Crippen molar-refractivity contribution in [1.82, 2.24) is 4.90 Å². The predicted octanol–water partition coefficient (Wildman–Crippen LogP) is 3.19. The summed E-state index contributed by atoms with van der Waals surface area (Å²) in [6, 6.07) is 19.5. The maximum Gasteiger partial charge on any atom is 0.326 e. The van der Waals surface area contributed by atoms with Crippen LogP contribution in [0.15, 0.2) is 71.9 Å². The van der Waals surface area contributed by atoms with E-state index < -0.39 is 5.41 Å². The number of methoxy groups -OCH3 is 1. The molecular weight excluding hydrogens is 314 g/mol. The molecule has 2 aromatic rings. The molecule has 0 saturated carbocycles. The molecule has 0 fully saturated rings. The Morgan fingerprint density at radius 2 is 1.68 bits per heavy atom. The van der Waals surface area contributed by atoms with Crippen LogP contribution >= 0.6 is 0 Å². The lowest BCUT2D eigenvalue weighted by atomic mass is 9.88. The number of rotatable bonds is 4. The van der Waals surface area contributed by atoms with Gasteiger partial charge in [-0.15, -0.1) is 0 Å². The van der Waals surface area contributed by atoms with Crippen molar-refractivity contribution in [3.8, 4) is 0 Å². The molecule has 25 heavy (non-hydrogen) atoms. The van der Waals surface area contributed by atoms with Crippen LogP contribution in [-0.2, 0) is 26.3 Å². The lowest BCUT2D eigenvalue weighted by molar-refractivity contribution is -0.143. The summed E-state index contributed by atoms with van der Waals surface area (Å²) >= 11 is 0. The molecule has 1 heterocycles. The first-order chi connectivity index (χ1) is 12.2. The van der Waals surface area contributed by atoms with Crippen molar-refractivity contribution < 1.29 is 14.3 Å². The number of hydrogen-bond donors (Lipinski definition) is 0. The zero-order valence-corrected chi connectivity index (χ0v) is 14.1. The van der Waals surface area contributed by atoms with Gasteiger partial charge in [0.1, 0.15) is 0 Å². The maximum atomic E-state index is 12.8. The van der Waals surface area contributed by atoms with Crippen molar-refractivity contribution in [2.24, 2.45) is 0 Å². The van der Waals surface area contributed by atoms with Gasteiger partial charge in [0, 0.05) is 12.1 Å². The van der Waals surface area contributed by atoms with Crippen LogP contribution in [-0.4, -0.2) is 23.9 Å². The summed E-state index contributed by atoms with van der Waals surface area (Å²) in [5.74, 6) is -0.249. The summed E-state index contributed by atoms with van der Waals surface area (Å²) in [6.45, 7) is 0.476. The Kier molecular flexibility index (Phi) is 3.68.